The summed E-state index contributed by atoms with van der Waals surface area (Å²) < 4.78 is 16.1. The van der Waals surface area contributed by atoms with Crippen molar-refractivity contribution in [3.05, 3.63) is 58.7 Å². The molecule has 4 amide bonds. The summed E-state index contributed by atoms with van der Waals surface area (Å²) in [6, 6.07) is 6.30. The minimum atomic E-state index is -0.971. The average molecular weight is 355 g/mol. The number of barbiturate groups is 1. The number of hydrogen-bond donors (Lipinski definition) is 1. The topological polar surface area (TPSA) is 71.4 Å². The second-order valence-corrected chi connectivity index (χ2v) is 5.98. The van der Waals surface area contributed by atoms with Gasteiger partial charge in [-0.15, -0.1) is 0 Å². The molecule has 6 nitrogen and oxygen atoms in total. The van der Waals surface area contributed by atoms with Crippen LogP contribution in [0.3, 0.4) is 0 Å². The highest BCUT2D eigenvalue weighted by Crippen LogP contribution is 2.25. The fourth-order valence-corrected chi connectivity index (χ4v) is 3.13. The molecular formula is C19H18FN3O3. The number of aromatic nitrogens is 1. The van der Waals surface area contributed by atoms with Crippen molar-refractivity contribution < 1.29 is 18.8 Å². The second-order valence-electron chi connectivity index (χ2n) is 5.98. The van der Waals surface area contributed by atoms with E-state index in [0.717, 1.165) is 24.0 Å². The van der Waals surface area contributed by atoms with Crippen LogP contribution in [0.4, 0.5) is 14.9 Å². The molecule has 1 aromatic carbocycles. The van der Waals surface area contributed by atoms with Gasteiger partial charge in [-0.1, -0.05) is 12.1 Å². The molecule has 7 heteroatoms. The van der Waals surface area contributed by atoms with Crippen LogP contribution in [-0.2, 0) is 16.1 Å². The van der Waals surface area contributed by atoms with Crippen molar-refractivity contribution in [2.24, 2.45) is 0 Å². The van der Waals surface area contributed by atoms with Gasteiger partial charge in [0.05, 0.1) is 5.69 Å². The van der Waals surface area contributed by atoms with Gasteiger partial charge in [0.1, 0.15) is 11.4 Å². The van der Waals surface area contributed by atoms with Crippen molar-refractivity contribution in [3.8, 4) is 0 Å². The smallest absolute Gasteiger partial charge is 0.336 e. The van der Waals surface area contributed by atoms with Crippen molar-refractivity contribution in [2.75, 3.05) is 4.90 Å². The van der Waals surface area contributed by atoms with Crippen LogP contribution in [0.2, 0.25) is 0 Å². The van der Waals surface area contributed by atoms with E-state index in [4.69, 9.17) is 0 Å². The van der Waals surface area contributed by atoms with Gasteiger partial charge in [0.2, 0.25) is 0 Å². The monoisotopic (exact) mass is 355 g/mol. The van der Waals surface area contributed by atoms with Crippen LogP contribution >= 0.6 is 0 Å². The number of rotatable bonds is 3. The number of anilines is 1. The second kappa shape index (κ2) is 6.59. The van der Waals surface area contributed by atoms with E-state index >= 15 is 0 Å². The minimum Gasteiger partial charge on any atom is -0.349 e. The Hall–Kier alpha value is -3.22. The predicted octanol–water partition coefficient (Wildman–Crippen LogP) is 2.93. The standard InChI is InChI=1S/C19H18FN3O3/c1-4-22-11(2)9-13(12(22)3)10-14-17(24)21-19(26)23(18(14)25)16-8-6-5-7-15(16)20/h5-10H,4H2,1-3H3,(H,21,24,26)/b14-10+. The number of hydrogen-bond acceptors (Lipinski definition) is 3. The third kappa shape index (κ3) is 2.81. The number of para-hydroxylation sites is 1. The van der Waals surface area contributed by atoms with Gasteiger partial charge in [0, 0.05) is 17.9 Å². The largest absolute Gasteiger partial charge is 0.349 e. The number of imide groups is 2. The number of carbonyl (C=O) groups is 3. The first kappa shape index (κ1) is 17.6. The molecule has 3 rings (SSSR count). The van der Waals surface area contributed by atoms with Gasteiger partial charge in [-0.3, -0.25) is 14.9 Å². The maximum absolute atomic E-state index is 14.1. The summed E-state index contributed by atoms with van der Waals surface area (Å²) in [5, 5.41) is 2.10. The third-order valence-electron chi connectivity index (χ3n) is 4.42. The van der Waals surface area contributed by atoms with Gasteiger partial charge >= 0.3 is 6.03 Å². The number of halogens is 1. The van der Waals surface area contributed by atoms with E-state index in [1.54, 1.807) is 0 Å². The average Bonchev–Trinajstić information content (AvgIpc) is 2.86. The maximum atomic E-state index is 14.1. The van der Waals surface area contributed by atoms with E-state index in [2.05, 4.69) is 5.32 Å². The molecule has 1 aliphatic rings. The van der Waals surface area contributed by atoms with E-state index in [9.17, 15) is 18.8 Å². The van der Waals surface area contributed by atoms with E-state index < -0.39 is 23.7 Å². The normalized spacial score (nSPS) is 16.4. The van der Waals surface area contributed by atoms with Crippen LogP contribution in [0.15, 0.2) is 35.9 Å². The Bertz CT molecular complexity index is 959. The van der Waals surface area contributed by atoms with Crippen molar-refractivity contribution in [1.82, 2.24) is 9.88 Å². The van der Waals surface area contributed by atoms with Crippen LogP contribution in [0.25, 0.3) is 6.08 Å². The lowest BCUT2D eigenvalue weighted by Crippen LogP contribution is -2.54. The molecule has 1 fully saturated rings. The quantitative estimate of drug-likeness (QED) is 0.680. The zero-order valence-corrected chi connectivity index (χ0v) is 14.7. The van der Waals surface area contributed by atoms with Gasteiger partial charge in [0.15, 0.2) is 0 Å². The number of nitrogens with one attached hydrogen (secondary N) is 1. The summed E-state index contributed by atoms with van der Waals surface area (Å²) in [5.74, 6) is -2.38. The Labute approximate surface area is 149 Å². The molecule has 0 saturated carbocycles. The molecule has 0 unspecified atom stereocenters. The minimum absolute atomic E-state index is 0.201. The Morgan fingerprint density at radius 1 is 1.15 bits per heavy atom. The number of benzene rings is 1. The number of aryl methyl sites for hydroxylation is 1. The molecule has 134 valence electrons. The molecule has 1 aliphatic heterocycles. The van der Waals surface area contributed by atoms with Crippen LogP contribution in [-0.4, -0.2) is 22.4 Å². The van der Waals surface area contributed by atoms with Crippen molar-refractivity contribution in [3.63, 3.8) is 0 Å². The lowest BCUT2D eigenvalue weighted by Gasteiger charge is -2.26. The Balaban J connectivity index is 2.08. The summed E-state index contributed by atoms with van der Waals surface area (Å²) >= 11 is 0. The first-order chi connectivity index (χ1) is 12.3. The molecule has 0 bridgehead atoms. The third-order valence-corrected chi connectivity index (χ3v) is 4.42. The summed E-state index contributed by atoms with van der Waals surface area (Å²) in [7, 11) is 0. The molecule has 26 heavy (non-hydrogen) atoms. The number of nitrogens with zero attached hydrogens (tertiary/aromatic N) is 2. The van der Waals surface area contributed by atoms with E-state index in [0.29, 0.717) is 10.5 Å². The fourth-order valence-electron chi connectivity index (χ4n) is 3.13. The first-order valence-corrected chi connectivity index (χ1v) is 8.17. The highest BCUT2D eigenvalue weighted by molar-refractivity contribution is 6.39. The molecule has 2 aromatic rings. The molecule has 0 aliphatic carbocycles. The molecule has 2 heterocycles. The molecule has 0 atom stereocenters. The zero-order chi connectivity index (χ0) is 19.0. The molecule has 1 aromatic heterocycles. The highest BCUT2D eigenvalue weighted by atomic mass is 19.1. The number of urea groups is 1. The van der Waals surface area contributed by atoms with Crippen molar-refractivity contribution >= 4 is 29.6 Å². The van der Waals surface area contributed by atoms with Gasteiger partial charge in [0.25, 0.3) is 11.8 Å². The van der Waals surface area contributed by atoms with Crippen molar-refractivity contribution in [2.45, 2.75) is 27.3 Å². The summed E-state index contributed by atoms with van der Waals surface area (Å²) in [4.78, 5) is 37.7. The van der Waals surface area contributed by atoms with Crippen molar-refractivity contribution in [1.29, 1.82) is 0 Å². The Morgan fingerprint density at radius 3 is 2.46 bits per heavy atom. The van der Waals surface area contributed by atoms with Gasteiger partial charge in [-0.05, 0) is 50.6 Å². The van der Waals surface area contributed by atoms with Crippen LogP contribution < -0.4 is 10.2 Å². The van der Waals surface area contributed by atoms with Crippen LogP contribution in [0.5, 0.6) is 0 Å². The number of amides is 4. The maximum Gasteiger partial charge on any atom is 0.336 e. The Morgan fingerprint density at radius 2 is 1.85 bits per heavy atom. The molecule has 0 spiro atoms. The van der Waals surface area contributed by atoms with E-state index in [1.807, 2.05) is 31.4 Å². The summed E-state index contributed by atoms with van der Waals surface area (Å²) in [6.45, 7) is 6.55. The first-order valence-electron chi connectivity index (χ1n) is 8.17. The van der Waals surface area contributed by atoms with Crippen LogP contribution in [0, 0.1) is 19.7 Å². The molecule has 0 radical (unpaired) electrons. The highest BCUT2D eigenvalue weighted by Gasteiger charge is 2.38. The fraction of sp³-hybridized carbons (Fsp3) is 0.211. The molecule has 1 N–H and O–H groups in total. The zero-order valence-electron chi connectivity index (χ0n) is 14.7. The SMILES string of the molecule is CCn1c(C)cc(/C=C2\C(=O)NC(=O)N(c3ccccc3F)C2=O)c1C. The van der Waals surface area contributed by atoms with Crippen LogP contribution in [0.1, 0.15) is 23.9 Å². The lowest BCUT2D eigenvalue weighted by atomic mass is 10.1. The van der Waals surface area contributed by atoms with E-state index in [1.165, 1.54) is 24.3 Å². The van der Waals surface area contributed by atoms with Gasteiger partial charge < -0.3 is 4.57 Å². The number of carbonyl (C=O) groups excluding carboxylic acids is 3. The summed E-state index contributed by atoms with van der Waals surface area (Å²) in [6.07, 6.45) is 1.44. The summed E-state index contributed by atoms with van der Waals surface area (Å²) in [5.41, 5.74) is 2.16. The van der Waals surface area contributed by atoms with E-state index in [-0.39, 0.29) is 11.3 Å². The molecular weight excluding hydrogens is 337 g/mol. The predicted molar refractivity (Wildman–Crippen MR) is 95.0 cm³/mol. The Kier molecular flexibility index (Phi) is 4.46. The molecule has 1 saturated heterocycles. The lowest BCUT2D eigenvalue weighted by molar-refractivity contribution is -0.122. The van der Waals surface area contributed by atoms with Gasteiger partial charge in [-0.25, -0.2) is 14.1 Å². The van der Waals surface area contributed by atoms with Gasteiger partial charge in [-0.2, -0.15) is 0 Å².